The van der Waals surface area contributed by atoms with Gasteiger partial charge in [-0.3, -0.25) is 0 Å². The first-order valence-electron chi connectivity index (χ1n) is 10.5. The van der Waals surface area contributed by atoms with E-state index < -0.39 is 12.1 Å². The number of carboxylic acid groups (broad SMARTS) is 1. The molecule has 0 saturated carbocycles. The normalized spacial score (nSPS) is 10.7. The zero-order valence-corrected chi connectivity index (χ0v) is 19.2. The Morgan fingerprint density at radius 1 is 0.857 bits per heavy atom. The van der Waals surface area contributed by atoms with E-state index >= 15 is 0 Å². The topological polar surface area (TPSA) is 90.9 Å². The maximum atomic E-state index is 12.3. The molecule has 7 nitrogen and oxygen atoms in total. The first-order valence-corrected chi connectivity index (χ1v) is 10.5. The van der Waals surface area contributed by atoms with Crippen LogP contribution in [-0.4, -0.2) is 55.4 Å². The number of anilines is 2. The van der Waals surface area contributed by atoms with Crippen molar-refractivity contribution in [2.75, 3.05) is 37.9 Å². The molecular formula is C25H26F3N3O4. The molecular weight excluding hydrogens is 463 g/mol. The molecule has 0 fully saturated rings. The summed E-state index contributed by atoms with van der Waals surface area (Å²) in [5.41, 5.74) is 3.66. The monoisotopic (exact) mass is 489 g/mol. The van der Waals surface area contributed by atoms with Crippen LogP contribution in [-0.2, 0) is 4.79 Å². The molecule has 0 atom stereocenters. The third-order valence-corrected chi connectivity index (χ3v) is 4.39. The highest BCUT2D eigenvalue weighted by Crippen LogP contribution is 2.22. The van der Waals surface area contributed by atoms with Crippen molar-refractivity contribution >= 4 is 23.4 Å². The zero-order chi connectivity index (χ0) is 25.8. The Morgan fingerprint density at radius 3 is 2.00 bits per heavy atom. The highest BCUT2D eigenvalue weighted by molar-refractivity contribution is 6.00. The van der Waals surface area contributed by atoms with E-state index in [0.29, 0.717) is 12.3 Å². The Bertz CT molecular complexity index is 1090. The fraction of sp³-hybridized carbons (Fsp3) is 0.200. The lowest BCUT2D eigenvalue weighted by Crippen LogP contribution is -2.21. The zero-order valence-electron chi connectivity index (χ0n) is 19.2. The van der Waals surface area contributed by atoms with Crippen molar-refractivity contribution in [3.8, 4) is 16.9 Å². The second-order valence-electron chi connectivity index (χ2n) is 7.50. The fourth-order valence-corrected chi connectivity index (χ4v) is 2.68. The van der Waals surface area contributed by atoms with Crippen LogP contribution < -0.4 is 15.4 Å². The highest BCUT2D eigenvalue weighted by Gasteiger charge is 2.38. The van der Waals surface area contributed by atoms with Gasteiger partial charge in [0.05, 0.1) is 0 Å². The number of carbonyl (C=O) groups excluding carboxylic acids is 1. The molecule has 3 aromatic rings. The van der Waals surface area contributed by atoms with E-state index in [0.717, 1.165) is 29.1 Å². The Balaban J connectivity index is 0.000000540. The number of likely N-dealkylation sites (N-methyl/N-ethyl adjacent to an activating group) is 1. The maximum absolute atomic E-state index is 12.3. The SMILES string of the molecule is CN(C)CCOc1cccc(NC(=O)Nc2ccc(-c3ccccc3)cc2)c1.O=C(O)C(F)(F)F. The summed E-state index contributed by atoms with van der Waals surface area (Å²) in [5.74, 6) is -2.03. The van der Waals surface area contributed by atoms with Gasteiger partial charge in [0.1, 0.15) is 12.4 Å². The van der Waals surface area contributed by atoms with Gasteiger partial charge in [-0.2, -0.15) is 13.2 Å². The lowest BCUT2D eigenvalue weighted by Gasteiger charge is -2.12. The molecule has 3 aromatic carbocycles. The van der Waals surface area contributed by atoms with Gasteiger partial charge >= 0.3 is 18.2 Å². The number of alkyl halides is 3. The average Bonchev–Trinajstić information content (AvgIpc) is 2.80. The minimum absolute atomic E-state index is 0.294. The van der Waals surface area contributed by atoms with Crippen LogP contribution in [0.1, 0.15) is 0 Å². The van der Waals surface area contributed by atoms with Gasteiger partial charge in [0.2, 0.25) is 0 Å². The molecule has 186 valence electrons. The number of ether oxygens (including phenoxy) is 1. The Morgan fingerprint density at radius 2 is 1.43 bits per heavy atom. The maximum Gasteiger partial charge on any atom is 0.490 e. The molecule has 3 N–H and O–H groups in total. The molecule has 0 aliphatic rings. The second kappa shape index (κ2) is 13.0. The number of urea groups is 1. The van der Waals surface area contributed by atoms with E-state index in [9.17, 15) is 18.0 Å². The first kappa shape index (κ1) is 27.2. The van der Waals surface area contributed by atoms with Gasteiger partial charge in [0.25, 0.3) is 0 Å². The number of rotatable bonds is 7. The number of carboxylic acids is 1. The molecule has 2 amide bonds. The van der Waals surface area contributed by atoms with Crippen LogP contribution in [0, 0.1) is 0 Å². The summed E-state index contributed by atoms with van der Waals surface area (Å²) in [6.45, 7) is 1.42. The highest BCUT2D eigenvalue weighted by atomic mass is 19.4. The summed E-state index contributed by atoms with van der Waals surface area (Å²) >= 11 is 0. The van der Waals surface area contributed by atoms with Crippen molar-refractivity contribution in [1.82, 2.24) is 4.90 Å². The second-order valence-corrected chi connectivity index (χ2v) is 7.50. The summed E-state index contributed by atoms with van der Waals surface area (Å²) in [4.78, 5) is 23.2. The van der Waals surface area contributed by atoms with Crippen LogP contribution in [0.25, 0.3) is 11.1 Å². The summed E-state index contributed by atoms with van der Waals surface area (Å²) in [5, 5.41) is 12.8. The minimum atomic E-state index is -5.08. The van der Waals surface area contributed by atoms with E-state index in [1.54, 1.807) is 0 Å². The Kier molecular flexibility index (Phi) is 10.1. The molecule has 0 radical (unpaired) electrons. The molecule has 0 heterocycles. The van der Waals surface area contributed by atoms with Gasteiger partial charge in [-0.25, -0.2) is 9.59 Å². The van der Waals surface area contributed by atoms with Crippen LogP contribution in [0.2, 0.25) is 0 Å². The van der Waals surface area contributed by atoms with Crippen LogP contribution in [0.4, 0.5) is 29.3 Å². The number of halogens is 3. The number of hydrogen-bond acceptors (Lipinski definition) is 4. The Labute approximate surface area is 201 Å². The quantitative estimate of drug-likeness (QED) is 0.404. The largest absolute Gasteiger partial charge is 0.492 e. The van der Waals surface area contributed by atoms with Gasteiger partial charge in [0.15, 0.2) is 0 Å². The van der Waals surface area contributed by atoms with Crippen LogP contribution in [0.5, 0.6) is 5.75 Å². The number of amides is 2. The number of aliphatic carboxylic acids is 1. The molecule has 3 rings (SSSR count). The molecule has 0 saturated heterocycles. The number of hydrogen-bond donors (Lipinski definition) is 3. The number of benzene rings is 3. The third-order valence-electron chi connectivity index (χ3n) is 4.39. The standard InChI is InChI=1S/C23H25N3O2.C2HF3O2/c1-26(2)15-16-28-22-10-6-9-21(17-22)25-23(27)24-20-13-11-19(12-14-20)18-7-4-3-5-8-18;3-2(4,5)1(6)7/h3-14,17H,15-16H2,1-2H3,(H2,24,25,27);(H,6,7). The van der Waals surface area contributed by atoms with E-state index in [-0.39, 0.29) is 6.03 Å². The van der Waals surface area contributed by atoms with Gasteiger partial charge in [-0.1, -0.05) is 48.5 Å². The molecule has 0 aliphatic carbocycles. The lowest BCUT2D eigenvalue weighted by atomic mass is 10.1. The molecule has 0 aliphatic heterocycles. The van der Waals surface area contributed by atoms with Gasteiger partial charge in [-0.15, -0.1) is 0 Å². The summed E-state index contributed by atoms with van der Waals surface area (Å²) < 4.78 is 37.4. The van der Waals surface area contributed by atoms with Crippen molar-refractivity contribution in [3.63, 3.8) is 0 Å². The fourth-order valence-electron chi connectivity index (χ4n) is 2.68. The Hall–Kier alpha value is -4.05. The number of nitrogens with zero attached hydrogens (tertiary/aromatic N) is 1. The summed E-state index contributed by atoms with van der Waals surface area (Å²) in [6, 6.07) is 25.0. The van der Waals surface area contributed by atoms with Crippen molar-refractivity contribution in [3.05, 3.63) is 78.9 Å². The van der Waals surface area contributed by atoms with Crippen LogP contribution in [0.15, 0.2) is 78.9 Å². The van der Waals surface area contributed by atoms with Crippen molar-refractivity contribution in [1.29, 1.82) is 0 Å². The predicted octanol–water partition coefficient (Wildman–Crippen LogP) is 5.57. The average molecular weight is 489 g/mol. The van der Waals surface area contributed by atoms with E-state index in [4.69, 9.17) is 14.6 Å². The molecule has 0 bridgehead atoms. The molecule has 10 heteroatoms. The summed E-state index contributed by atoms with van der Waals surface area (Å²) in [7, 11) is 4.00. The van der Waals surface area contributed by atoms with E-state index in [1.807, 2.05) is 80.8 Å². The molecule has 0 spiro atoms. The van der Waals surface area contributed by atoms with Crippen molar-refractivity contribution in [2.45, 2.75) is 6.18 Å². The molecule has 0 aromatic heterocycles. The molecule has 0 unspecified atom stereocenters. The van der Waals surface area contributed by atoms with Gasteiger partial charge in [0, 0.05) is 24.0 Å². The predicted molar refractivity (Wildman–Crippen MR) is 129 cm³/mol. The minimum Gasteiger partial charge on any atom is -0.492 e. The smallest absolute Gasteiger partial charge is 0.490 e. The van der Waals surface area contributed by atoms with E-state index in [2.05, 4.69) is 27.7 Å². The third kappa shape index (κ3) is 10.2. The van der Waals surface area contributed by atoms with Gasteiger partial charge in [-0.05, 0) is 49.5 Å². The van der Waals surface area contributed by atoms with Crippen LogP contribution >= 0.6 is 0 Å². The molecule has 35 heavy (non-hydrogen) atoms. The summed E-state index contributed by atoms with van der Waals surface area (Å²) in [6.07, 6.45) is -5.08. The number of carbonyl (C=O) groups is 2. The first-order chi connectivity index (χ1) is 16.5. The van der Waals surface area contributed by atoms with Crippen molar-refractivity contribution < 1.29 is 32.6 Å². The van der Waals surface area contributed by atoms with Crippen molar-refractivity contribution in [2.24, 2.45) is 0 Å². The number of nitrogens with one attached hydrogen (secondary N) is 2. The van der Waals surface area contributed by atoms with Gasteiger partial charge < -0.3 is 25.4 Å². The lowest BCUT2D eigenvalue weighted by molar-refractivity contribution is -0.192. The van der Waals surface area contributed by atoms with Crippen LogP contribution in [0.3, 0.4) is 0 Å². The van der Waals surface area contributed by atoms with E-state index in [1.165, 1.54) is 0 Å².